The Morgan fingerprint density at radius 3 is 2.65 bits per heavy atom. The molecule has 0 aliphatic rings. The maximum absolute atomic E-state index is 13.3. The van der Waals surface area contributed by atoms with Crippen molar-refractivity contribution in [1.29, 1.82) is 0 Å². The van der Waals surface area contributed by atoms with Crippen molar-refractivity contribution in [3.05, 3.63) is 53.8 Å². The molecule has 0 bridgehead atoms. The molecule has 0 aliphatic heterocycles. The van der Waals surface area contributed by atoms with Crippen molar-refractivity contribution in [1.82, 2.24) is 0 Å². The number of nitrogens with two attached hydrogens (primary N) is 1. The molecule has 0 fully saturated rings. The van der Waals surface area contributed by atoms with Crippen molar-refractivity contribution in [2.45, 2.75) is 6.92 Å². The van der Waals surface area contributed by atoms with Gasteiger partial charge in [0.2, 0.25) is 0 Å². The van der Waals surface area contributed by atoms with E-state index in [0.717, 1.165) is 12.1 Å². The van der Waals surface area contributed by atoms with Crippen LogP contribution in [0.15, 0.2) is 42.5 Å². The zero-order valence-electron chi connectivity index (χ0n) is 11.0. The number of halogens is 1. The van der Waals surface area contributed by atoms with Crippen LogP contribution in [0.2, 0.25) is 0 Å². The molecule has 104 valence electrons. The van der Waals surface area contributed by atoms with E-state index in [-0.39, 0.29) is 22.9 Å². The number of hydrogen-bond donors (Lipinski definition) is 2. The van der Waals surface area contributed by atoms with Crippen LogP contribution < -0.4 is 10.6 Å². The lowest BCUT2D eigenvalue weighted by Crippen LogP contribution is -2.30. The van der Waals surface area contributed by atoms with E-state index < -0.39 is 5.82 Å². The number of carbonyl (C=O) groups excluding carboxylic acids is 1. The van der Waals surface area contributed by atoms with Crippen LogP contribution in [0.1, 0.15) is 17.3 Å². The van der Waals surface area contributed by atoms with Gasteiger partial charge in [0.15, 0.2) is 0 Å². The molecule has 4 nitrogen and oxygen atoms in total. The molecule has 2 aromatic carbocycles. The second-order valence-electron chi connectivity index (χ2n) is 4.34. The summed E-state index contributed by atoms with van der Waals surface area (Å²) in [6.07, 6.45) is 0. The van der Waals surface area contributed by atoms with E-state index in [1.54, 1.807) is 19.1 Å². The van der Waals surface area contributed by atoms with Crippen molar-refractivity contribution in [3.8, 4) is 5.75 Å². The number of carbonyl (C=O) groups is 1. The highest BCUT2D eigenvalue weighted by molar-refractivity contribution is 6.06. The minimum atomic E-state index is -0.555. The second kappa shape index (κ2) is 5.61. The normalized spacial score (nSPS) is 10.3. The molecule has 0 radical (unpaired) electrons. The number of aromatic hydroxyl groups is 1. The van der Waals surface area contributed by atoms with Crippen LogP contribution in [0.5, 0.6) is 5.75 Å². The van der Waals surface area contributed by atoms with Crippen LogP contribution in [0, 0.1) is 5.82 Å². The van der Waals surface area contributed by atoms with Crippen LogP contribution in [0.4, 0.5) is 15.8 Å². The van der Waals surface area contributed by atoms with Gasteiger partial charge in [-0.05, 0) is 37.3 Å². The summed E-state index contributed by atoms with van der Waals surface area (Å²) in [5, 5.41) is 9.48. The van der Waals surface area contributed by atoms with Crippen LogP contribution in [0.25, 0.3) is 0 Å². The van der Waals surface area contributed by atoms with Gasteiger partial charge in [0.1, 0.15) is 11.6 Å². The van der Waals surface area contributed by atoms with Crippen molar-refractivity contribution in [2.24, 2.45) is 0 Å². The van der Waals surface area contributed by atoms with Crippen molar-refractivity contribution >= 4 is 17.3 Å². The Hall–Kier alpha value is -2.56. The molecular weight excluding hydrogens is 259 g/mol. The van der Waals surface area contributed by atoms with Gasteiger partial charge in [0.25, 0.3) is 5.91 Å². The number of rotatable bonds is 3. The molecule has 0 saturated heterocycles. The Balaban J connectivity index is 2.38. The fourth-order valence-electron chi connectivity index (χ4n) is 2.00. The Morgan fingerprint density at radius 2 is 2.05 bits per heavy atom. The molecule has 0 heterocycles. The molecule has 0 atom stereocenters. The lowest BCUT2D eigenvalue weighted by molar-refractivity contribution is 0.0988. The molecule has 0 saturated carbocycles. The van der Waals surface area contributed by atoms with E-state index in [2.05, 4.69) is 0 Å². The summed E-state index contributed by atoms with van der Waals surface area (Å²) in [6.45, 7) is 2.18. The molecular formula is C15H15FN2O2. The van der Waals surface area contributed by atoms with Crippen LogP contribution >= 0.6 is 0 Å². The van der Waals surface area contributed by atoms with E-state index in [1.165, 1.54) is 23.1 Å². The largest absolute Gasteiger partial charge is 0.508 e. The zero-order valence-corrected chi connectivity index (χ0v) is 11.0. The number of anilines is 2. The molecule has 1 amide bonds. The highest BCUT2D eigenvalue weighted by Gasteiger charge is 2.17. The van der Waals surface area contributed by atoms with Gasteiger partial charge in [0.05, 0.1) is 0 Å². The van der Waals surface area contributed by atoms with E-state index in [1.807, 2.05) is 0 Å². The van der Waals surface area contributed by atoms with Crippen LogP contribution in [-0.2, 0) is 0 Å². The van der Waals surface area contributed by atoms with Gasteiger partial charge in [-0.2, -0.15) is 0 Å². The number of phenolic OH excluding ortho intramolecular Hbond substituents is 1. The number of amides is 1. The maximum atomic E-state index is 13.3. The van der Waals surface area contributed by atoms with E-state index in [4.69, 9.17) is 5.73 Å². The van der Waals surface area contributed by atoms with Gasteiger partial charge in [-0.1, -0.05) is 6.07 Å². The average Bonchev–Trinajstić information content (AvgIpc) is 2.38. The fraction of sp³-hybridized carbons (Fsp3) is 0.133. The van der Waals surface area contributed by atoms with Gasteiger partial charge >= 0.3 is 0 Å². The molecule has 0 unspecified atom stereocenters. The minimum Gasteiger partial charge on any atom is -0.508 e. The van der Waals surface area contributed by atoms with Crippen LogP contribution in [-0.4, -0.2) is 17.6 Å². The van der Waals surface area contributed by atoms with Gasteiger partial charge in [0, 0.05) is 29.5 Å². The third-order valence-corrected chi connectivity index (χ3v) is 2.87. The molecule has 2 aromatic rings. The number of phenols is 1. The summed E-state index contributed by atoms with van der Waals surface area (Å²) >= 11 is 0. The SMILES string of the molecule is CCN(C(=O)c1cc(N)cc(F)c1)c1cccc(O)c1. The number of nitrogen functional groups attached to an aromatic ring is 1. The lowest BCUT2D eigenvalue weighted by atomic mass is 10.1. The predicted molar refractivity (Wildman–Crippen MR) is 76.3 cm³/mol. The van der Waals surface area contributed by atoms with Gasteiger partial charge in [-0.25, -0.2) is 4.39 Å². The Kier molecular flexibility index (Phi) is 3.89. The highest BCUT2D eigenvalue weighted by Crippen LogP contribution is 2.22. The minimum absolute atomic E-state index is 0.0625. The van der Waals surface area contributed by atoms with Crippen molar-refractivity contribution < 1.29 is 14.3 Å². The number of nitrogens with zero attached hydrogens (tertiary/aromatic N) is 1. The molecule has 3 N–H and O–H groups in total. The summed E-state index contributed by atoms with van der Waals surface area (Å²) in [5.74, 6) is -0.864. The summed E-state index contributed by atoms with van der Waals surface area (Å²) in [5.41, 5.74) is 6.46. The Morgan fingerprint density at radius 1 is 1.30 bits per heavy atom. The van der Waals surface area contributed by atoms with Gasteiger partial charge < -0.3 is 15.7 Å². The first-order valence-electron chi connectivity index (χ1n) is 6.18. The zero-order chi connectivity index (χ0) is 14.7. The fourth-order valence-corrected chi connectivity index (χ4v) is 2.00. The topological polar surface area (TPSA) is 66.6 Å². The number of hydrogen-bond acceptors (Lipinski definition) is 3. The third kappa shape index (κ3) is 2.88. The van der Waals surface area contributed by atoms with E-state index in [9.17, 15) is 14.3 Å². The standard InChI is InChI=1S/C15H15FN2O2/c1-2-18(13-4-3-5-14(19)9-13)15(20)10-6-11(16)8-12(17)7-10/h3-9,19H,2,17H2,1H3. The first-order chi connectivity index (χ1) is 9.51. The van der Waals surface area contributed by atoms with Gasteiger partial charge in [-0.3, -0.25) is 4.79 Å². The molecule has 0 spiro atoms. The smallest absolute Gasteiger partial charge is 0.258 e. The quantitative estimate of drug-likeness (QED) is 0.846. The molecule has 0 aliphatic carbocycles. The highest BCUT2D eigenvalue weighted by atomic mass is 19.1. The monoisotopic (exact) mass is 274 g/mol. The molecule has 20 heavy (non-hydrogen) atoms. The van der Waals surface area contributed by atoms with Gasteiger partial charge in [-0.15, -0.1) is 0 Å². The second-order valence-corrected chi connectivity index (χ2v) is 4.34. The van der Waals surface area contributed by atoms with Crippen molar-refractivity contribution in [3.63, 3.8) is 0 Å². The molecule has 5 heteroatoms. The molecule has 0 aromatic heterocycles. The summed E-state index contributed by atoms with van der Waals surface area (Å²) in [6, 6.07) is 10.1. The van der Waals surface area contributed by atoms with E-state index >= 15 is 0 Å². The van der Waals surface area contributed by atoms with E-state index in [0.29, 0.717) is 12.2 Å². The summed E-state index contributed by atoms with van der Waals surface area (Å²) in [4.78, 5) is 13.9. The van der Waals surface area contributed by atoms with Crippen LogP contribution in [0.3, 0.4) is 0 Å². The lowest BCUT2D eigenvalue weighted by Gasteiger charge is -2.21. The summed E-state index contributed by atoms with van der Waals surface area (Å²) in [7, 11) is 0. The Bertz CT molecular complexity index is 623. The first kappa shape index (κ1) is 13.9. The third-order valence-electron chi connectivity index (χ3n) is 2.87. The summed E-state index contributed by atoms with van der Waals surface area (Å²) < 4.78 is 13.3. The van der Waals surface area contributed by atoms with Crippen molar-refractivity contribution in [2.75, 3.05) is 17.2 Å². The molecule has 2 rings (SSSR count). The first-order valence-corrected chi connectivity index (χ1v) is 6.18. The average molecular weight is 274 g/mol. The number of benzene rings is 2. The maximum Gasteiger partial charge on any atom is 0.258 e. The Labute approximate surface area is 116 Å². The predicted octanol–water partition coefficient (Wildman–Crippen LogP) is 2.78.